The molecule has 0 aromatic heterocycles. The minimum absolute atomic E-state index is 0.128. The van der Waals surface area contributed by atoms with E-state index < -0.39 is 0 Å². The van der Waals surface area contributed by atoms with Crippen molar-refractivity contribution in [2.45, 2.75) is 25.3 Å². The van der Waals surface area contributed by atoms with E-state index in [-0.39, 0.29) is 17.8 Å². The zero-order valence-electron chi connectivity index (χ0n) is 11.8. The van der Waals surface area contributed by atoms with Crippen molar-refractivity contribution in [2.75, 3.05) is 0 Å². The van der Waals surface area contributed by atoms with Gasteiger partial charge in [0.05, 0.1) is 0 Å². The predicted octanol–water partition coefficient (Wildman–Crippen LogP) is 3.58. The highest BCUT2D eigenvalue weighted by Crippen LogP contribution is 2.34. The number of benzene rings is 2. The molecule has 0 bridgehead atoms. The average molecular weight is 283 g/mol. The summed E-state index contributed by atoms with van der Waals surface area (Å²) in [7, 11) is 0. The van der Waals surface area contributed by atoms with Crippen molar-refractivity contribution in [1.82, 2.24) is 5.32 Å². The van der Waals surface area contributed by atoms with E-state index in [1.807, 2.05) is 18.2 Å². The van der Waals surface area contributed by atoms with E-state index in [2.05, 4.69) is 17.4 Å². The van der Waals surface area contributed by atoms with Crippen molar-refractivity contribution in [3.05, 3.63) is 71.5 Å². The van der Waals surface area contributed by atoms with Gasteiger partial charge in [-0.25, -0.2) is 4.39 Å². The predicted molar refractivity (Wildman–Crippen MR) is 80.5 cm³/mol. The molecule has 0 radical (unpaired) electrons. The lowest BCUT2D eigenvalue weighted by atomic mass is 10.0. The molecule has 1 N–H and O–H groups in total. The fourth-order valence-electron chi connectivity index (χ4n) is 2.58. The van der Waals surface area contributed by atoms with E-state index in [4.69, 9.17) is 0 Å². The van der Waals surface area contributed by atoms with E-state index in [9.17, 15) is 9.18 Å². The summed E-state index contributed by atoms with van der Waals surface area (Å²) in [5.74, 6) is -0.0290. The van der Waals surface area contributed by atoms with Crippen LogP contribution in [0.4, 0.5) is 4.39 Å². The average Bonchev–Trinajstić information content (AvgIpc) is 3.32. The Hall–Kier alpha value is -2.16. The van der Waals surface area contributed by atoms with Gasteiger partial charge in [-0.3, -0.25) is 4.79 Å². The zero-order chi connectivity index (χ0) is 14.7. The van der Waals surface area contributed by atoms with Crippen LogP contribution in [0.25, 0.3) is 0 Å². The summed E-state index contributed by atoms with van der Waals surface area (Å²) in [5, 5.41) is 3.07. The highest BCUT2D eigenvalue weighted by Gasteiger charge is 2.32. The lowest BCUT2D eigenvalue weighted by molar-refractivity contribution is 0.0931. The van der Waals surface area contributed by atoms with Crippen LogP contribution in [-0.2, 0) is 6.42 Å². The summed E-state index contributed by atoms with van der Waals surface area (Å²) >= 11 is 0. The van der Waals surface area contributed by atoms with E-state index in [1.165, 1.54) is 17.7 Å². The second-order valence-electron chi connectivity index (χ2n) is 5.62. The van der Waals surface area contributed by atoms with Gasteiger partial charge >= 0.3 is 0 Å². The lowest BCUT2D eigenvalue weighted by Crippen LogP contribution is -2.38. The van der Waals surface area contributed by atoms with Crippen LogP contribution in [0.1, 0.15) is 28.8 Å². The Labute approximate surface area is 124 Å². The molecule has 1 saturated carbocycles. The molecule has 0 spiro atoms. The number of carbonyl (C=O) groups excluding carboxylic acids is 1. The Balaban J connectivity index is 1.69. The Morgan fingerprint density at radius 2 is 1.90 bits per heavy atom. The third-order valence-corrected chi connectivity index (χ3v) is 3.89. The Bertz CT molecular complexity index is 622. The minimum atomic E-state index is -0.381. The first-order chi connectivity index (χ1) is 10.2. The van der Waals surface area contributed by atoms with Gasteiger partial charge in [0.2, 0.25) is 0 Å². The summed E-state index contributed by atoms with van der Waals surface area (Å²) < 4.78 is 13.2. The number of hydrogen-bond acceptors (Lipinski definition) is 1. The second-order valence-corrected chi connectivity index (χ2v) is 5.62. The van der Waals surface area contributed by atoms with Gasteiger partial charge in [-0.15, -0.1) is 0 Å². The molecule has 1 aliphatic rings. The Kier molecular flexibility index (Phi) is 4.00. The van der Waals surface area contributed by atoms with Gasteiger partial charge in [-0.1, -0.05) is 36.4 Å². The first kappa shape index (κ1) is 13.8. The maximum absolute atomic E-state index is 13.2. The van der Waals surface area contributed by atoms with E-state index in [0.29, 0.717) is 11.5 Å². The van der Waals surface area contributed by atoms with Gasteiger partial charge in [0.25, 0.3) is 5.91 Å². The summed E-state index contributed by atoms with van der Waals surface area (Å²) in [5.41, 5.74) is 1.60. The van der Waals surface area contributed by atoms with Crippen LogP contribution < -0.4 is 5.32 Å². The molecular formula is C18H18FNO. The molecule has 1 fully saturated rings. The van der Waals surface area contributed by atoms with Crippen LogP contribution in [0.5, 0.6) is 0 Å². The molecule has 0 aliphatic heterocycles. The molecule has 0 heterocycles. The SMILES string of the molecule is O=C(NC(Cc1ccccc1)C1CC1)c1cccc(F)c1. The lowest BCUT2D eigenvalue weighted by Gasteiger charge is -2.18. The molecule has 1 unspecified atom stereocenters. The van der Waals surface area contributed by atoms with Crippen molar-refractivity contribution in [3.63, 3.8) is 0 Å². The number of halogens is 1. The molecule has 2 nitrogen and oxygen atoms in total. The normalized spacial score (nSPS) is 15.5. The number of rotatable bonds is 5. The van der Waals surface area contributed by atoms with Crippen molar-refractivity contribution in [2.24, 2.45) is 5.92 Å². The maximum atomic E-state index is 13.2. The molecule has 1 atom stereocenters. The van der Waals surface area contributed by atoms with Gasteiger partial charge in [0, 0.05) is 11.6 Å². The van der Waals surface area contributed by atoms with Crippen molar-refractivity contribution < 1.29 is 9.18 Å². The third kappa shape index (κ3) is 3.69. The molecule has 3 heteroatoms. The molecular weight excluding hydrogens is 265 g/mol. The molecule has 108 valence electrons. The van der Waals surface area contributed by atoms with E-state index in [1.54, 1.807) is 12.1 Å². The molecule has 0 saturated heterocycles. The number of hydrogen-bond donors (Lipinski definition) is 1. The fourth-order valence-corrected chi connectivity index (χ4v) is 2.58. The summed E-state index contributed by atoms with van der Waals surface area (Å²) in [6.45, 7) is 0. The molecule has 1 aliphatic carbocycles. The zero-order valence-corrected chi connectivity index (χ0v) is 11.8. The molecule has 1 amide bonds. The van der Waals surface area contributed by atoms with Crippen molar-refractivity contribution in [3.8, 4) is 0 Å². The highest BCUT2D eigenvalue weighted by atomic mass is 19.1. The van der Waals surface area contributed by atoms with Gasteiger partial charge < -0.3 is 5.32 Å². The van der Waals surface area contributed by atoms with Crippen molar-refractivity contribution in [1.29, 1.82) is 0 Å². The Morgan fingerprint density at radius 1 is 1.14 bits per heavy atom. The summed E-state index contributed by atoms with van der Waals surface area (Å²) in [6, 6.07) is 16.1. The standard InChI is InChI=1S/C18H18FNO/c19-16-8-4-7-15(12-16)18(21)20-17(14-9-10-14)11-13-5-2-1-3-6-13/h1-8,12,14,17H,9-11H2,(H,20,21). The highest BCUT2D eigenvalue weighted by molar-refractivity contribution is 5.94. The van der Waals surface area contributed by atoms with Gasteiger partial charge in [-0.05, 0) is 48.9 Å². The Morgan fingerprint density at radius 3 is 2.57 bits per heavy atom. The summed E-state index contributed by atoms with van der Waals surface area (Å²) in [6.07, 6.45) is 3.13. The second kappa shape index (κ2) is 6.08. The molecule has 2 aromatic carbocycles. The van der Waals surface area contributed by atoms with Gasteiger partial charge in [0.1, 0.15) is 5.82 Å². The topological polar surface area (TPSA) is 29.1 Å². The van der Waals surface area contributed by atoms with Gasteiger partial charge in [0.15, 0.2) is 0 Å². The van der Waals surface area contributed by atoms with Crippen LogP contribution in [0, 0.1) is 11.7 Å². The molecule has 21 heavy (non-hydrogen) atoms. The first-order valence-corrected chi connectivity index (χ1v) is 7.33. The van der Waals surface area contributed by atoms with Crippen molar-refractivity contribution >= 4 is 5.91 Å². The largest absolute Gasteiger partial charge is 0.349 e. The van der Waals surface area contributed by atoms with E-state index >= 15 is 0 Å². The van der Waals surface area contributed by atoms with Gasteiger partial charge in [-0.2, -0.15) is 0 Å². The van der Waals surface area contributed by atoms with Crippen LogP contribution in [0.3, 0.4) is 0 Å². The summed E-state index contributed by atoms with van der Waals surface area (Å²) in [4.78, 5) is 12.3. The number of carbonyl (C=O) groups is 1. The minimum Gasteiger partial charge on any atom is -0.349 e. The van der Waals surface area contributed by atoms with E-state index in [0.717, 1.165) is 19.3 Å². The number of amides is 1. The smallest absolute Gasteiger partial charge is 0.251 e. The van der Waals surface area contributed by atoms with Crippen LogP contribution in [0.2, 0.25) is 0 Å². The first-order valence-electron chi connectivity index (χ1n) is 7.33. The van der Waals surface area contributed by atoms with Crippen LogP contribution in [-0.4, -0.2) is 11.9 Å². The third-order valence-electron chi connectivity index (χ3n) is 3.89. The van der Waals surface area contributed by atoms with Crippen LogP contribution >= 0.6 is 0 Å². The fraction of sp³-hybridized carbons (Fsp3) is 0.278. The number of nitrogens with one attached hydrogen (secondary N) is 1. The quantitative estimate of drug-likeness (QED) is 0.893. The van der Waals surface area contributed by atoms with Crippen LogP contribution in [0.15, 0.2) is 54.6 Å². The molecule has 3 rings (SSSR count). The molecule has 2 aromatic rings. The maximum Gasteiger partial charge on any atom is 0.251 e. The monoisotopic (exact) mass is 283 g/mol.